The van der Waals surface area contributed by atoms with E-state index in [0.717, 1.165) is 12.2 Å². The maximum Gasteiger partial charge on any atom is 0.224 e. The van der Waals surface area contributed by atoms with Crippen LogP contribution in [0.25, 0.3) is 0 Å². The summed E-state index contributed by atoms with van der Waals surface area (Å²) in [5, 5.41) is 0. The van der Waals surface area contributed by atoms with Gasteiger partial charge in [0.25, 0.3) is 0 Å². The molecule has 1 atom stereocenters. The molecule has 0 N–H and O–H groups in total. The molecule has 0 aromatic carbocycles. The van der Waals surface area contributed by atoms with Crippen molar-refractivity contribution in [3.05, 3.63) is 30.1 Å². The Morgan fingerprint density at radius 1 is 1.57 bits per heavy atom. The van der Waals surface area contributed by atoms with E-state index in [9.17, 15) is 4.79 Å². The van der Waals surface area contributed by atoms with Crippen LogP contribution in [0.5, 0.6) is 0 Å². The van der Waals surface area contributed by atoms with E-state index in [-0.39, 0.29) is 5.91 Å². The van der Waals surface area contributed by atoms with Crippen molar-refractivity contribution in [1.29, 1.82) is 0 Å². The number of hydrogen-bond donors (Lipinski definition) is 0. The van der Waals surface area contributed by atoms with Gasteiger partial charge in [-0.05, 0) is 12.1 Å². The van der Waals surface area contributed by atoms with E-state index >= 15 is 0 Å². The van der Waals surface area contributed by atoms with Gasteiger partial charge in [0.1, 0.15) is 0 Å². The summed E-state index contributed by atoms with van der Waals surface area (Å²) in [4.78, 5) is 17.8. The summed E-state index contributed by atoms with van der Waals surface area (Å²) in [7, 11) is 0. The van der Waals surface area contributed by atoms with Gasteiger partial charge in [-0.3, -0.25) is 9.78 Å². The average molecular weight is 255 g/mol. The molecule has 0 bridgehead atoms. The van der Waals surface area contributed by atoms with Gasteiger partial charge in [-0.1, -0.05) is 22.0 Å². The molecule has 1 aliphatic heterocycles. The number of alkyl halides is 1. The van der Waals surface area contributed by atoms with Gasteiger partial charge in [0.05, 0.1) is 12.2 Å². The summed E-state index contributed by atoms with van der Waals surface area (Å²) in [6, 6.07) is 5.76. The number of likely N-dealkylation sites (tertiary alicyclic amines) is 1. The largest absolute Gasteiger partial charge is 0.336 e. The summed E-state index contributed by atoms with van der Waals surface area (Å²) in [6.45, 7) is 1.41. The summed E-state index contributed by atoms with van der Waals surface area (Å²) >= 11 is 3.45. The summed E-state index contributed by atoms with van der Waals surface area (Å²) in [5.74, 6) is 0.206. The first-order chi connectivity index (χ1) is 6.75. The van der Waals surface area contributed by atoms with E-state index in [1.807, 2.05) is 23.1 Å². The third kappa shape index (κ3) is 2.12. The highest BCUT2D eigenvalue weighted by atomic mass is 79.9. The lowest BCUT2D eigenvalue weighted by Crippen LogP contribution is -2.25. The van der Waals surface area contributed by atoms with Crippen molar-refractivity contribution in [2.24, 2.45) is 0 Å². The molecule has 2 heterocycles. The van der Waals surface area contributed by atoms with Crippen molar-refractivity contribution in [3.8, 4) is 0 Å². The fourth-order valence-electron chi connectivity index (χ4n) is 1.56. The number of carbonyl (C=O) groups is 1. The zero-order valence-corrected chi connectivity index (χ0v) is 9.27. The van der Waals surface area contributed by atoms with Crippen molar-refractivity contribution >= 4 is 21.8 Å². The monoisotopic (exact) mass is 254 g/mol. The van der Waals surface area contributed by atoms with Crippen molar-refractivity contribution in [3.63, 3.8) is 0 Å². The number of pyridine rings is 1. The number of nitrogens with zero attached hydrogens (tertiary/aromatic N) is 2. The van der Waals surface area contributed by atoms with E-state index in [0.29, 0.717) is 17.8 Å². The Kier molecular flexibility index (Phi) is 2.82. The molecule has 1 aromatic heterocycles. The van der Waals surface area contributed by atoms with Crippen LogP contribution in [0.2, 0.25) is 0 Å². The predicted molar refractivity (Wildman–Crippen MR) is 57.0 cm³/mol. The van der Waals surface area contributed by atoms with Crippen LogP contribution < -0.4 is 0 Å². The van der Waals surface area contributed by atoms with Gasteiger partial charge in [0.15, 0.2) is 0 Å². The number of amides is 1. The number of aromatic nitrogens is 1. The molecular formula is C10H11BrN2O. The Morgan fingerprint density at radius 2 is 2.43 bits per heavy atom. The molecule has 0 aliphatic carbocycles. The third-order valence-corrected chi connectivity index (χ3v) is 2.86. The lowest BCUT2D eigenvalue weighted by atomic mass is 10.3. The van der Waals surface area contributed by atoms with E-state index in [4.69, 9.17) is 0 Å². The van der Waals surface area contributed by atoms with Gasteiger partial charge in [0, 0.05) is 24.0 Å². The van der Waals surface area contributed by atoms with Crippen molar-refractivity contribution in [2.75, 3.05) is 6.54 Å². The second-order valence-corrected chi connectivity index (χ2v) is 4.69. The summed E-state index contributed by atoms with van der Waals surface area (Å²) in [5.41, 5.74) is 0.947. The molecule has 3 nitrogen and oxygen atoms in total. The molecule has 0 radical (unpaired) electrons. The van der Waals surface area contributed by atoms with Crippen LogP contribution in [0.15, 0.2) is 24.4 Å². The molecule has 14 heavy (non-hydrogen) atoms. The van der Waals surface area contributed by atoms with Gasteiger partial charge in [-0.25, -0.2) is 0 Å². The highest BCUT2D eigenvalue weighted by molar-refractivity contribution is 9.09. The molecule has 0 saturated carbocycles. The second kappa shape index (κ2) is 4.09. The Morgan fingerprint density at radius 3 is 3.00 bits per heavy atom. The Balaban J connectivity index is 2.02. The van der Waals surface area contributed by atoms with Crippen LogP contribution in [-0.4, -0.2) is 27.2 Å². The topological polar surface area (TPSA) is 33.2 Å². The second-order valence-electron chi connectivity index (χ2n) is 3.40. The van der Waals surface area contributed by atoms with Gasteiger partial charge in [-0.15, -0.1) is 0 Å². The highest BCUT2D eigenvalue weighted by Gasteiger charge is 2.27. The maximum absolute atomic E-state index is 11.5. The molecule has 1 unspecified atom stereocenters. The lowest BCUT2D eigenvalue weighted by Gasteiger charge is -2.14. The van der Waals surface area contributed by atoms with Crippen molar-refractivity contribution in [2.45, 2.75) is 17.8 Å². The van der Waals surface area contributed by atoms with E-state index < -0.39 is 0 Å². The number of hydrogen-bond acceptors (Lipinski definition) is 2. The fraction of sp³-hybridized carbons (Fsp3) is 0.400. The lowest BCUT2D eigenvalue weighted by molar-refractivity contribution is -0.128. The molecule has 1 fully saturated rings. The van der Waals surface area contributed by atoms with Gasteiger partial charge >= 0.3 is 0 Å². The van der Waals surface area contributed by atoms with E-state index in [1.165, 1.54) is 0 Å². The Hall–Kier alpha value is -0.900. The first-order valence-electron chi connectivity index (χ1n) is 4.57. The number of halogens is 1. The fourth-order valence-corrected chi connectivity index (χ4v) is 2.19. The molecule has 1 aromatic rings. The van der Waals surface area contributed by atoms with Gasteiger partial charge < -0.3 is 4.90 Å². The van der Waals surface area contributed by atoms with Crippen LogP contribution in [0.4, 0.5) is 0 Å². The minimum absolute atomic E-state index is 0.206. The molecule has 2 rings (SSSR count). The van der Waals surface area contributed by atoms with E-state index in [2.05, 4.69) is 20.9 Å². The average Bonchev–Trinajstić information content (AvgIpc) is 2.47. The molecular weight excluding hydrogens is 244 g/mol. The minimum atomic E-state index is 0.206. The number of carbonyl (C=O) groups excluding carboxylic acids is 1. The minimum Gasteiger partial charge on any atom is -0.336 e. The quantitative estimate of drug-likeness (QED) is 0.751. The molecule has 1 amide bonds. The predicted octanol–water partition coefficient (Wildman–Crippen LogP) is 1.58. The van der Waals surface area contributed by atoms with Crippen LogP contribution in [0.3, 0.4) is 0 Å². The molecule has 1 aliphatic rings. The highest BCUT2D eigenvalue weighted by Crippen LogP contribution is 2.19. The first kappa shape index (κ1) is 9.65. The van der Waals surface area contributed by atoms with Gasteiger partial charge in [0.2, 0.25) is 5.91 Å². The Bertz CT molecular complexity index is 328. The van der Waals surface area contributed by atoms with Crippen LogP contribution in [0, 0.1) is 0 Å². The normalized spacial score (nSPS) is 21.6. The van der Waals surface area contributed by atoms with Crippen molar-refractivity contribution < 1.29 is 4.79 Å². The number of rotatable bonds is 2. The van der Waals surface area contributed by atoms with Crippen LogP contribution >= 0.6 is 15.9 Å². The van der Waals surface area contributed by atoms with Crippen LogP contribution in [-0.2, 0) is 11.3 Å². The van der Waals surface area contributed by atoms with Gasteiger partial charge in [-0.2, -0.15) is 0 Å². The smallest absolute Gasteiger partial charge is 0.224 e. The maximum atomic E-state index is 11.5. The first-order valence-corrected chi connectivity index (χ1v) is 5.49. The molecule has 74 valence electrons. The SMILES string of the molecule is O=C1CC(Br)CN1Cc1ccccn1. The van der Waals surface area contributed by atoms with E-state index in [1.54, 1.807) is 6.20 Å². The third-order valence-electron chi connectivity index (χ3n) is 2.25. The zero-order chi connectivity index (χ0) is 9.97. The standard InChI is InChI=1S/C10H11BrN2O/c11-8-5-10(14)13(6-8)7-9-3-1-2-4-12-9/h1-4,8H,5-7H2. The van der Waals surface area contributed by atoms with Crippen LogP contribution in [0.1, 0.15) is 12.1 Å². The molecule has 0 spiro atoms. The molecule has 1 saturated heterocycles. The Labute approximate surface area is 91.3 Å². The van der Waals surface area contributed by atoms with Crippen molar-refractivity contribution in [1.82, 2.24) is 9.88 Å². The zero-order valence-electron chi connectivity index (χ0n) is 7.69. The summed E-state index contributed by atoms with van der Waals surface area (Å²) < 4.78 is 0. The summed E-state index contributed by atoms with van der Waals surface area (Å²) in [6.07, 6.45) is 2.36. The molecule has 4 heteroatoms.